The summed E-state index contributed by atoms with van der Waals surface area (Å²) in [6.07, 6.45) is 13.5. The maximum Gasteiger partial charge on any atom is 0.191 e. The van der Waals surface area contributed by atoms with E-state index in [2.05, 4.69) is 37.3 Å². The van der Waals surface area contributed by atoms with Gasteiger partial charge in [-0.05, 0) is 50.9 Å². The van der Waals surface area contributed by atoms with Crippen molar-refractivity contribution in [2.45, 2.75) is 90.1 Å². The molecule has 0 aromatic carbocycles. The number of hydrogen-bond donors (Lipinski definition) is 2. The SMILES string of the molecule is CCC1CCC(NC(=NC)NCCCc2nnc3n2CCCCC3)CC1.I. The minimum atomic E-state index is 0. The number of aryl methyl sites for hydroxylation is 2. The van der Waals surface area contributed by atoms with E-state index in [0.717, 1.165) is 50.1 Å². The first-order valence-corrected chi connectivity index (χ1v) is 10.7. The van der Waals surface area contributed by atoms with E-state index in [9.17, 15) is 0 Å². The second-order valence-corrected chi connectivity index (χ2v) is 7.87. The zero-order valence-electron chi connectivity index (χ0n) is 17.0. The molecule has 2 aliphatic rings. The van der Waals surface area contributed by atoms with Gasteiger partial charge in [-0.3, -0.25) is 4.99 Å². The lowest BCUT2D eigenvalue weighted by atomic mass is 9.84. The fourth-order valence-electron chi connectivity index (χ4n) is 4.29. The Morgan fingerprint density at radius 1 is 1.15 bits per heavy atom. The number of fused-ring (bicyclic) bond motifs is 1. The van der Waals surface area contributed by atoms with Crippen LogP contribution in [0.15, 0.2) is 4.99 Å². The third-order valence-corrected chi connectivity index (χ3v) is 6.04. The van der Waals surface area contributed by atoms with Crippen molar-refractivity contribution >= 4 is 29.9 Å². The van der Waals surface area contributed by atoms with Crippen LogP contribution < -0.4 is 10.6 Å². The molecule has 154 valence electrons. The second kappa shape index (κ2) is 11.9. The molecule has 1 aromatic rings. The highest BCUT2D eigenvalue weighted by Crippen LogP contribution is 2.26. The molecule has 1 aliphatic heterocycles. The molecule has 0 radical (unpaired) electrons. The van der Waals surface area contributed by atoms with E-state index in [1.807, 2.05) is 7.05 Å². The van der Waals surface area contributed by atoms with Gasteiger partial charge in [-0.25, -0.2) is 0 Å². The van der Waals surface area contributed by atoms with Crippen molar-refractivity contribution < 1.29 is 0 Å². The number of hydrogen-bond acceptors (Lipinski definition) is 3. The zero-order chi connectivity index (χ0) is 18.2. The van der Waals surface area contributed by atoms with Crippen LogP contribution in [0, 0.1) is 5.92 Å². The van der Waals surface area contributed by atoms with Gasteiger partial charge >= 0.3 is 0 Å². The highest BCUT2D eigenvalue weighted by Gasteiger charge is 2.20. The minimum Gasteiger partial charge on any atom is -0.356 e. The summed E-state index contributed by atoms with van der Waals surface area (Å²) in [5.74, 6) is 4.22. The average Bonchev–Trinajstić information content (AvgIpc) is 2.90. The van der Waals surface area contributed by atoms with Gasteiger partial charge in [-0.15, -0.1) is 34.2 Å². The molecule has 1 aromatic heterocycles. The van der Waals surface area contributed by atoms with Crippen LogP contribution in [-0.4, -0.2) is 40.4 Å². The molecule has 1 saturated carbocycles. The van der Waals surface area contributed by atoms with E-state index in [-0.39, 0.29) is 24.0 Å². The summed E-state index contributed by atoms with van der Waals surface area (Å²) in [5, 5.41) is 15.9. The lowest BCUT2D eigenvalue weighted by Crippen LogP contribution is -2.45. The van der Waals surface area contributed by atoms with E-state index in [4.69, 9.17) is 0 Å². The summed E-state index contributed by atoms with van der Waals surface area (Å²) in [7, 11) is 1.87. The molecule has 0 saturated heterocycles. The third-order valence-electron chi connectivity index (χ3n) is 6.04. The second-order valence-electron chi connectivity index (χ2n) is 7.87. The molecule has 27 heavy (non-hydrogen) atoms. The van der Waals surface area contributed by atoms with Crippen LogP contribution in [0.1, 0.15) is 76.4 Å². The van der Waals surface area contributed by atoms with Gasteiger partial charge < -0.3 is 15.2 Å². The molecular formula is C20H37IN6. The molecule has 2 N–H and O–H groups in total. The smallest absolute Gasteiger partial charge is 0.191 e. The van der Waals surface area contributed by atoms with Gasteiger partial charge in [0.1, 0.15) is 11.6 Å². The molecule has 0 spiro atoms. The summed E-state index contributed by atoms with van der Waals surface area (Å²) >= 11 is 0. The van der Waals surface area contributed by atoms with E-state index in [1.165, 1.54) is 57.2 Å². The van der Waals surface area contributed by atoms with Crippen molar-refractivity contribution in [3.63, 3.8) is 0 Å². The fourth-order valence-corrected chi connectivity index (χ4v) is 4.29. The number of halogens is 1. The van der Waals surface area contributed by atoms with Gasteiger partial charge in [0.2, 0.25) is 0 Å². The Balaban J connectivity index is 0.00000261. The maximum atomic E-state index is 4.42. The normalized spacial score (nSPS) is 23.1. The van der Waals surface area contributed by atoms with Crippen LogP contribution >= 0.6 is 24.0 Å². The van der Waals surface area contributed by atoms with E-state index in [1.54, 1.807) is 0 Å². The Morgan fingerprint density at radius 3 is 2.70 bits per heavy atom. The van der Waals surface area contributed by atoms with Gasteiger partial charge in [-0.1, -0.05) is 19.8 Å². The first-order valence-electron chi connectivity index (χ1n) is 10.7. The number of nitrogens with one attached hydrogen (secondary N) is 2. The van der Waals surface area contributed by atoms with Crippen molar-refractivity contribution in [1.29, 1.82) is 0 Å². The molecule has 3 rings (SSSR count). The molecule has 1 fully saturated rings. The number of aliphatic imine (C=N–C) groups is 1. The van der Waals surface area contributed by atoms with E-state index in [0.29, 0.717) is 6.04 Å². The van der Waals surface area contributed by atoms with E-state index < -0.39 is 0 Å². The predicted molar refractivity (Wildman–Crippen MR) is 122 cm³/mol. The lowest BCUT2D eigenvalue weighted by Gasteiger charge is -2.29. The maximum absolute atomic E-state index is 4.42. The van der Waals surface area contributed by atoms with Gasteiger partial charge in [0.15, 0.2) is 5.96 Å². The number of aromatic nitrogens is 3. The summed E-state index contributed by atoms with van der Waals surface area (Å²) < 4.78 is 2.35. The minimum absolute atomic E-state index is 0. The standard InChI is InChI=1S/C20H36N6.HI/c1-3-16-10-12-17(13-11-16)23-20(21-2)22-14-7-9-19-25-24-18-8-5-4-6-15-26(18)19;/h16-17H,3-15H2,1-2H3,(H2,21,22,23);1H. The van der Waals surface area contributed by atoms with Crippen LogP contribution in [0.5, 0.6) is 0 Å². The Hall–Kier alpha value is -0.860. The van der Waals surface area contributed by atoms with Gasteiger partial charge in [-0.2, -0.15) is 0 Å². The molecule has 0 amide bonds. The van der Waals surface area contributed by atoms with Crippen LogP contribution in [0.2, 0.25) is 0 Å². The monoisotopic (exact) mass is 488 g/mol. The molecule has 0 atom stereocenters. The van der Waals surface area contributed by atoms with Crippen LogP contribution in [-0.2, 0) is 19.4 Å². The molecule has 6 nitrogen and oxygen atoms in total. The highest BCUT2D eigenvalue weighted by atomic mass is 127. The highest BCUT2D eigenvalue weighted by molar-refractivity contribution is 14.0. The Bertz CT molecular complexity index is 577. The molecule has 0 bridgehead atoms. The van der Waals surface area contributed by atoms with Crippen molar-refractivity contribution in [2.24, 2.45) is 10.9 Å². The lowest BCUT2D eigenvalue weighted by molar-refractivity contribution is 0.304. The molecule has 7 heteroatoms. The summed E-state index contributed by atoms with van der Waals surface area (Å²) in [6.45, 7) is 4.33. The Morgan fingerprint density at radius 2 is 1.96 bits per heavy atom. The molecule has 1 aliphatic carbocycles. The van der Waals surface area contributed by atoms with Gasteiger partial charge in [0.25, 0.3) is 0 Å². The van der Waals surface area contributed by atoms with Crippen molar-refractivity contribution in [1.82, 2.24) is 25.4 Å². The topological polar surface area (TPSA) is 67.1 Å². The summed E-state index contributed by atoms with van der Waals surface area (Å²) in [4.78, 5) is 4.40. The van der Waals surface area contributed by atoms with Crippen LogP contribution in [0.25, 0.3) is 0 Å². The summed E-state index contributed by atoms with van der Waals surface area (Å²) in [5.41, 5.74) is 0. The average molecular weight is 488 g/mol. The van der Waals surface area contributed by atoms with Crippen molar-refractivity contribution in [3.8, 4) is 0 Å². The Kier molecular flexibility index (Phi) is 9.86. The van der Waals surface area contributed by atoms with Crippen molar-refractivity contribution in [3.05, 3.63) is 11.6 Å². The van der Waals surface area contributed by atoms with Crippen molar-refractivity contribution in [2.75, 3.05) is 13.6 Å². The van der Waals surface area contributed by atoms with E-state index >= 15 is 0 Å². The fraction of sp³-hybridized carbons (Fsp3) is 0.850. The quantitative estimate of drug-likeness (QED) is 0.278. The number of rotatable bonds is 6. The largest absolute Gasteiger partial charge is 0.356 e. The van der Waals surface area contributed by atoms with Gasteiger partial charge in [0.05, 0.1) is 0 Å². The number of nitrogens with zero attached hydrogens (tertiary/aromatic N) is 4. The molecule has 2 heterocycles. The summed E-state index contributed by atoms with van der Waals surface area (Å²) in [6, 6.07) is 0.580. The Labute approximate surface area is 181 Å². The molecular weight excluding hydrogens is 451 g/mol. The number of guanidine groups is 1. The molecule has 0 unspecified atom stereocenters. The first kappa shape index (κ1) is 22.4. The third kappa shape index (κ3) is 6.61. The zero-order valence-corrected chi connectivity index (χ0v) is 19.4. The van der Waals surface area contributed by atoms with Gasteiger partial charge in [0, 0.05) is 39.0 Å². The predicted octanol–water partition coefficient (Wildman–Crippen LogP) is 3.69. The van der Waals surface area contributed by atoms with Crippen LogP contribution in [0.3, 0.4) is 0 Å². The van der Waals surface area contributed by atoms with Crippen LogP contribution in [0.4, 0.5) is 0 Å². The first-order chi connectivity index (χ1) is 12.8.